The van der Waals surface area contributed by atoms with Crippen LogP contribution in [-0.4, -0.2) is 34.5 Å². The van der Waals surface area contributed by atoms with Gasteiger partial charge in [0.2, 0.25) is 11.5 Å². The summed E-state index contributed by atoms with van der Waals surface area (Å²) in [6.07, 6.45) is -5.51. The Morgan fingerprint density at radius 2 is 2.15 bits per heavy atom. The first-order chi connectivity index (χ1) is 9.15. The van der Waals surface area contributed by atoms with Crippen molar-refractivity contribution in [3.05, 3.63) is 22.0 Å². The Hall–Kier alpha value is -2.59. The van der Waals surface area contributed by atoms with Gasteiger partial charge in [0.05, 0.1) is 24.7 Å². The number of nitrogens with zero attached hydrogens (tertiary/aromatic N) is 2. The zero-order valence-electron chi connectivity index (χ0n) is 9.80. The second kappa shape index (κ2) is 5.59. The highest BCUT2D eigenvalue weighted by molar-refractivity contribution is 5.74. The summed E-state index contributed by atoms with van der Waals surface area (Å²) < 4.78 is 44.4. The van der Waals surface area contributed by atoms with Crippen LogP contribution in [0.1, 0.15) is 5.69 Å². The largest absolute Gasteiger partial charge is 0.573 e. The molecular weight excluding hydrogens is 289 g/mol. The van der Waals surface area contributed by atoms with Gasteiger partial charge in [0.1, 0.15) is 5.69 Å². The minimum Gasteiger partial charge on any atom is -0.501 e. The topological polar surface area (TPSA) is 112 Å². The Labute approximate surface area is 108 Å². The van der Waals surface area contributed by atoms with Crippen LogP contribution in [0.25, 0.3) is 0 Å². The van der Waals surface area contributed by atoms with Crippen molar-refractivity contribution >= 4 is 11.7 Å². The summed E-state index contributed by atoms with van der Waals surface area (Å²) in [5.74, 6) is -3.46. The molecule has 110 valence electrons. The molecule has 8 nitrogen and oxygen atoms in total. The lowest BCUT2D eigenvalue weighted by Gasteiger charge is -2.12. The zero-order chi connectivity index (χ0) is 15.5. The molecule has 0 fully saturated rings. The maximum absolute atomic E-state index is 12.2. The average Bonchev–Trinajstić information content (AvgIpc) is 2.30. The summed E-state index contributed by atoms with van der Waals surface area (Å²) in [5, 5.41) is 19.9. The quantitative estimate of drug-likeness (QED) is 0.506. The molecule has 0 saturated heterocycles. The fourth-order valence-corrected chi connectivity index (χ4v) is 1.25. The van der Waals surface area contributed by atoms with Gasteiger partial charge >= 0.3 is 18.0 Å². The second-order valence-electron chi connectivity index (χ2n) is 3.33. The number of aromatic nitrogens is 1. The standard InChI is InChI=1S/C9H7F3N2O6/c1-19-6(16)2-4-8(20-9(10,11)12)7(14(17)18)5(15)3-13-4/h3,15H,2H2,1H3. The molecule has 0 aliphatic heterocycles. The predicted molar refractivity (Wildman–Crippen MR) is 55.0 cm³/mol. The molecule has 1 aromatic rings. The van der Waals surface area contributed by atoms with Gasteiger partial charge in [-0.1, -0.05) is 0 Å². The van der Waals surface area contributed by atoms with Crippen LogP contribution in [0.15, 0.2) is 6.20 Å². The molecule has 11 heteroatoms. The third-order valence-electron chi connectivity index (χ3n) is 2.00. The molecule has 0 aliphatic rings. The highest BCUT2D eigenvalue weighted by Gasteiger charge is 2.38. The Balaban J connectivity index is 3.40. The number of pyridine rings is 1. The van der Waals surface area contributed by atoms with Gasteiger partial charge in [-0.2, -0.15) is 0 Å². The minimum atomic E-state index is -5.26. The van der Waals surface area contributed by atoms with Crippen LogP contribution in [-0.2, 0) is 16.0 Å². The molecule has 0 amide bonds. The molecule has 1 rings (SSSR count). The van der Waals surface area contributed by atoms with Gasteiger partial charge < -0.3 is 14.6 Å². The van der Waals surface area contributed by atoms with Gasteiger partial charge in [-0.15, -0.1) is 13.2 Å². The van der Waals surface area contributed by atoms with Crippen LogP contribution in [0.5, 0.6) is 11.5 Å². The molecule has 0 radical (unpaired) electrons. The number of hydrogen-bond acceptors (Lipinski definition) is 7. The van der Waals surface area contributed by atoms with E-state index in [1.54, 1.807) is 0 Å². The number of aromatic hydroxyl groups is 1. The van der Waals surface area contributed by atoms with E-state index < -0.39 is 46.6 Å². The smallest absolute Gasteiger partial charge is 0.501 e. The van der Waals surface area contributed by atoms with Crippen molar-refractivity contribution in [2.75, 3.05) is 7.11 Å². The van der Waals surface area contributed by atoms with Crippen LogP contribution in [0.3, 0.4) is 0 Å². The number of hydrogen-bond donors (Lipinski definition) is 1. The van der Waals surface area contributed by atoms with Gasteiger partial charge in [0.25, 0.3) is 0 Å². The first-order valence-electron chi connectivity index (χ1n) is 4.83. The van der Waals surface area contributed by atoms with Crippen molar-refractivity contribution in [2.24, 2.45) is 0 Å². The highest BCUT2D eigenvalue weighted by atomic mass is 19.4. The third kappa shape index (κ3) is 3.70. The first-order valence-corrected chi connectivity index (χ1v) is 4.83. The lowest BCUT2D eigenvalue weighted by Crippen LogP contribution is -2.20. The van der Waals surface area contributed by atoms with Crippen molar-refractivity contribution in [1.29, 1.82) is 0 Å². The number of methoxy groups -OCH3 is 1. The molecule has 0 aromatic carbocycles. The minimum absolute atomic E-state index is 0.541. The van der Waals surface area contributed by atoms with Gasteiger partial charge in [-0.25, -0.2) is 0 Å². The number of carbonyl (C=O) groups excluding carboxylic acids is 1. The molecule has 20 heavy (non-hydrogen) atoms. The van der Waals surface area contributed by atoms with Crippen LogP contribution in [0, 0.1) is 10.1 Å². The fraction of sp³-hybridized carbons (Fsp3) is 0.333. The normalized spacial score (nSPS) is 11.0. The molecule has 0 saturated carbocycles. The Morgan fingerprint density at radius 1 is 1.55 bits per heavy atom. The summed E-state index contributed by atoms with van der Waals surface area (Å²) in [6, 6.07) is 0. The van der Waals surface area contributed by atoms with E-state index in [-0.39, 0.29) is 0 Å². The molecular formula is C9H7F3N2O6. The van der Waals surface area contributed by atoms with Gasteiger partial charge in [-0.05, 0) is 0 Å². The van der Waals surface area contributed by atoms with Gasteiger partial charge in [0.15, 0.2) is 0 Å². The number of nitro groups is 1. The Bertz CT molecular complexity index is 545. The molecule has 1 heterocycles. The number of alkyl halides is 3. The second-order valence-corrected chi connectivity index (χ2v) is 3.33. The van der Waals surface area contributed by atoms with E-state index in [1.807, 2.05) is 0 Å². The van der Waals surface area contributed by atoms with Crippen molar-refractivity contribution in [1.82, 2.24) is 4.98 Å². The maximum Gasteiger partial charge on any atom is 0.573 e. The van der Waals surface area contributed by atoms with Crippen molar-refractivity contribution in [2.45, 2.75) is 12.8 Å². The van der Waals surface area contributed by atoms with E-state index >= 15 is 0 Å². The summed E-state index contributed by atoms with van der Waals surface area (Å²) >= 11 is 0. The number of halogens is 3. The SMILES string of the molecule is COC(=O)Cc1ncc(O)c([N+](=O)[O-])c1OC(F)(F)F. The summed E-state index contributed by atoms with van der Waals surface area (Å²) in [5.41, 5.74) is -2.02. The van der Waals surface area contributed by atoms with Crippen molar-refractivity contribution in [3.63, 3.8) is 0 Å². The Kier molecular flexibility index (Phi) is 4.32. The van der Waals surface area contributed by atoms with Crippen LogP contribution >= 0.6 is 0 Å². The number of carbonyl (C=O) groups is 1. The van der Waals surface area contributed by atoms with Gasteiger partial charge in [-0.3, -0.25) is 19.9 Å². The number of rotatable bonds is 4. The summed E-state index contributed by atoms with van der Waals surface area (Å²) in [7, 11) is 0.974. The van der Waals surface area contributed by atoms with Gasteiger partial charge in [0, 0.05) is 0 Å². The van der Waals surface area contributed by atoms with E-state index in [4.69, 9.17) is 0 Å². The van der Waals surface area contributed by atoms with Crippen molar-refractivity contribution < 1.29 is 37.5 Å². The van der Waals surface area contributed by atoms with E-state index in [1.165, 1.54) is 0 Å². The van der Waals surface area contributed by atoms with E-state index in [0.29, 0.717) is 6.20 Å². The third-order valence-corrected chi connectivity index (χ3v) is 2.00. The van der Waals surface area contributed by atoms with Crippen LogP contribution < -0.4 is 4.74 Å². The summed E-state index contributed by atoms with van der Waals surface area (Å²) in [6.45, 7) is 0. The van der Waals surface area contributed by atoms with Crippen molar-refractivity contribution in [3.8, 4) is 11.5 Å². The highest BCUT2D eigenvalue weighted by Crippen LogP contribution is 2.40. The fourth-order valence-electron chi connectivity index (χ4n) is 1.25. The lowest BCUT2D eigenvalue weighted by molar-refractivity contribution is -0.389. The van der Waals surface area contributed by atoms with E-state index in [9.17, 15) is 33.2 Å². The van der Waals surface area contributed by atoms with Crippen LogP contribution in [0.2, 0.25) is 0 Å². The zero-order valence-corrected chi connectivity index (χ0v) is 9.80. The predicted octanol–water partition coefficient (Wildman–Crippen LogP) is 1.31. The number of ether oxygens (including phenoxy) is 2. The van der Waals surface area contributed by atoms with E-state index in [2.05, 4.69) is 14.5 Å². The molecule has 0 bridgehead atoms. The Morgan fingerprint density at radius 3 is 2.60 bits per heavy atom. The average molecular weight is 296 g/mol. The first kappa shape index (κ1) is 15.5. The molecule has 0 atom stereocenters. The monoisotopic (exact) mass is 296 g/mol. The maximum atomic E-state index is 12.2. The molecule has 0 unspecified atom stereocenters. The molecule has 1 aromatic heterocycles. The molecule has 1 N–H and O–H groups in total. The molecule has 0 spiro atoms. The lowest BCUT2D eigenvalue weighted by atomic mass is 10.2. The number of esters is 1. The van der Waals surface area contributed by atoms with E-state index in [0.717, 1.165) is 7.11 Å². The van der Waals surface area contributed by atoms with Crippen LogP contribution in [0.4, 0.5) is 18.9 Å². The molecule has 0 aliphatic carbocycles. The summed E-state index contributed by atoms with van der Waals surface area (Å²) in [4.78, 5) is 23.8.